The molecular formula is C13H28N4. The van der Waals surface area contributed by atoms with E-state index >= 15 is 0 Å². The zero-order chi connectivity index (χ0) is 13.1. The first kappa shape index (κ1) is 16.0. The lowest BCUT2D eigenvalue weighted by molar-refractivity contribution is 0.464. The second-order valence-electron chi connectivity index (χ2n) is 4.60. The van der Waals surface area contributed by atoms with Crippen LogP contribution in [0.2, 0.25) is 0 Å². The highest BCUT2D eigenvalue weighted by atomic mass is 15.2. The molecule has 0 heterocycles. The van der Waals surface area contributed by atoms with Crippen molar-refractivity contribution in [3.05, 3.63) is 11.6 Å². The van der Waals surface area contributed by atoms with E-state index in [1.807, 2.05) is 11.9 Å². The summed E-state index contributed by atoms with van der Waals surface area (Å²) in [6.45, 7) is 6.56. The molecule has 0 aromatic heterocycles. The monoisotopic (exact) mass is 240 g/mol. The van der Waals surface area contributed by atoms with E-state index < -0.39 is 0 Å². The van der Waals surface area contributed by atoms with Crippen molar-refractivity contribution < 1.29 is 0 Å². The Balaban J connectivity index is 3.73. The van der Waals surface area contributed by atoms with Gasteiger partial charge in [0.05, 0.1) is 6.54 Å². The molecule has 0 spiro atoms. The van der Waals surface area contributed by atoms with Crippen LogP contribution in [0.3, 0.4) is 0 Å². The first-order chi connectivity index (χ1) is 8.07. The van der Waals surface area contributed by atoms with Crippen LogP contribution in [-0.4, -0.2) is 37.5 Å². The van der Waals surface area contributed by atoms with Crippen LogP contribution in [0, 0.1) is 0 Å². The maximum Gasteiger partial charge on any atom is 0.191 e. The van der Waals surface area contributed by atoms with Crippen molar-refractivity contribution in [2.75, 3.05) is 26.7 Å². The molecule has 0 saturated heterocycles. The van der Waals surface area contributed by atoms with E-state index in [0.29, 0.717) is 12.5 Å². The second-order valence-corrected chi connectivity index (χ2v) is 4.60. The summed E-state index contributed by atoms with van der Waals surface area (Å²) >= 11 is 0. The third-order valence-electron chi connectivity index (χ3n) is 2.59. The topological polar surface area (TPSA) is 67.6 Å². The van der Waals surface area contributed by atoms with Crippen LogP contribution in [0.5, 0.6) is 0 Å². The minimum absolute atomic E-state index is 0.626. The third-order valence-corrected chi connectivity index (χ3v) is 2.59. The van der Waals surface area contributed by atoms with Gasteiger partial charge in [-0.05, 0) is 33.2 Å². The molecule has 0 amide bonds. The van der Waals surface area contributed by atoms with Gasteiger partial charge in [0.1, 0.15) is 0 Å². The number of unbranched alkanes of at least 4 members (excludes halogenated alkanes) is 3. The zero-order valence-corrected chi connectivity index (χ0v) is 11.6. The van der Waals surface area contributed by atoms with Crippen LogP contribution in [0.4, 0.5) is 0 Å². The normalized spacial score (nSPS) is 11.4. The van der Waals surface area contributed by atoms with Crippen LogP contribution < -0.4 is 11.5 Å². The molecule has 0 radical (unpaired) electrons. The fourth-order valence-electron chi connectivity index (χ4n) is 1.40. The van der Waals surface area contributed by atoms with Gasteiger partial charge in [-0.15, -0.1) is 0 Å². The average Bonchev–Trinajstić information content (AvgIpc) is 2.27. The zero-order valence-electron chi connectivity index (χ0n) is 11.6. The molecule has 17 heavy (non-hydrogen) atoms. The predicted molar refractivity (Wildman–Crippen MR) is 76.1 cm³/mol. The molecule has 4 heteroatoms. The largest absolute Gasteiger partial charge is 0.370 e. The fraction of sp³-hybridized carbons (Fsp3) is 0.769. The highest BCUT2D eigenvalue weighted by Crippen LogP contribution is 2.00. The number of nitrogens with zero attached hydrogens (tertiary/aromatic N) is 2. The molecule has 0 aromatic carbocycles. The molecule has 0 atom stereocenters. The minimum Gasteiger partial charge on any atom is -0.370 e. The lowest BCUT2D eigenvalue weighted by Gasteiger charge is -2.17. The summed E-state index contributed by atoms with van der Waals surface area (Å²) in [6, 6.07) is 0. The van der Waals surface area contributed by atoms with E-state index in [0.717, 1.165) is 25.9 Å². The van der Waals surface area contributed by atoms with Crippen LogP contribution in [0.25, 0.3) is 0 Å². The number of guanidine groups is 1. The average molecular weight is 240 g/mol. The first-order valence-electron chi connectivity index (χ1n) is 6.42. The lowest BCUT2D eigenvalue weighted by Crippen LogP contribution is -2.34. The number of rotatable bonds is 8. The molecule has 0 unspecified atom stereocenters. The van der Waals surface area contributed by atoms with Gasteiger partial charge >= 0.3 is 0 Å². The number of nitrogens with two attached hydrogens (primary N) is 2. The molecule has 4 nitrogen and oxygen atoms in total. The minimum atomic E-state index is 0.626. The van der Waals surface area contributed by atoms with Crippen LogP contribution >= 0.6 is 0 Å². The molecule has 4 N–H and O–H groups in total. The summed E-state index contributed by atoms with van der Waals surface area (Å²) in [7, 11) is 1.99. The molecule has 0 rings (SSSR count). The molecule has 0 fully saturated rings. The van der Waals surface area contributed by atoms with Gasteiger partial charge in [0.25, 0.3) is 0 Å². The maximum atomic E-state index is 5.87. The van der Waals surface area contributed by atoms with Gasteiger partial charge in [0.15, 0.2) is 5.96 Å². The number of hydrogen-bond acceptors (Lipinski definition) is 2. The summed E-state index contributed by atoms with van der Waals surface area (Å²) in [5, 5.41) is 0. The van der Waals surface area contributed by atoms with E-state index in [4.69, 9.17) is 11.5 Å². The molecule has 0 saturated carbocycles. The Hall–Kier alpha value is -1.03. The van der Waals surface area contributed by atoms with Gasteiger partial charge in [0.2, 0.25) is 0 Å². The van der Waals surface area contributed by atoms with Crippen molar-refractivity contribution in [3.8, 4) is 0 Å². The Kier molecular flexibility index (Phi) is 9.53. The smallest absolute Gasteiger partial charge is 0.191 e. The summed E-state index contributed by atoms with van der Waals surface area (Å²) in [6.07, 6.45) is 6.76. The van der Waals surface area contributed by atoms with Crippen molar-refractivity contribution in [1.29, 1.82) is 0 Å². The summed E-state index contributed by atoms with van der Waals surface area (Å²) < 4.78 is 0. The van der Waals surface area contributed by atoms with Crippen LogP contribution in [0.15, 0.2) is 16.6 Å². The Morgan fingerprint density at radius 3 is 2.41 bits per heavy atom. The van der Waals surface area contributed by atoms with Gasteiger partial charge in [-0.2, -0.15) is 0 Å². The standard InChI is InChI=1S/C13H28N4/c1-12(2)8-10-16-13(15)17(3)11-7-5-4-6-9-14/h8H,4-7,9-11,14H2,1-3H3,(H2,15,16). The van der Waals surface area contributed by atoms with E-state index in [-0.39, 0.29) is 0 Å². The molecule has 0 bridgehead atoms. The van der Waals surface area contributed by atoms with Crippen molar-refractivity contribution in [2.24, 2.45) is 16.5 Å². The van der Waals surface area contributed by atoms with Crippen molar-refractivity contribution in [3.63, 3.8) is 0 Å². The highest BCUT2D eigenvalue weighted by Gasteiger charge is 2.00. The fourth-order valence-corrected chi connectivity index (χ4v) is 1.40. The molecular weight excluding hydrogens is 212 g/mol. The third kappa shape index (κ3) is 9.87. The molecule has 0 aliphatic carbocycles. The van der Waals surface area contributed by atoms with Gasteiger partial charge < -0.3 is 16.4 Å². The highest BCUT2D eigenvalue weighted by molar-refractivity contribution is 5.77. The molecule has 0 aliphatic heterocycles. The maximum absolute atomic E-state index is 5.87. The van der Waals surface area contributed by atoms with E-state index in [1.54, 1.807) is 0 Å². The molecule has 0 aliphatic rings. The SMILES string of the molecule is CC(C)=CCN=C(N)N(C)CCCCCCN. The van der Waals surface area contributed by atoms with E-state index in [2.05, 4.69) is 24.9 Å². The lowest BCUT2D eigenvalue weighted by atomic mass is 10.2. The first-order valence-corrected chi connectivity index (χ1v) is 6.42. The summed E-state index contributed by atoms with van der Waals surface area (Å²) in [5.41, 5.74) is 12.6. The van der Waals surface area contributed by atoms with Crippen molar-refractivity contribution in [1.82, 2.24) is 4.90 Å². The number of hydrogen-bond donors (Lipinski definition) is 2. The Morgan fingerprint density at radius 1 is 1.18 bits per heavy atom. The Labute approximate surface area is 106 Å². The quantitative estimate of drug-likeness (QED) is 0.294. The van der Waals surface area contributed by atoms with Gasteiger partial charge in [-0.1, -0.05) is 24.5 Å². The van der Waals surface area contributed by atoms with Gasteiger partial charge in [-0.25, -0.2) is 4.99 Å². The molecule has 100 valence electrons. The predicted octanol–water partition coefficient (Wildman–Crippen LogP) is 1.72. The molecule has 0 aromatic rings. The van der Waals surface area contributed by atoms with Crippen molar-refractivity contribution in [2.45, 2.75) is 39.5 Å². The van der Waals surface area contributed by atoms with Gasteiger partial charge in [-0.3, -0.25) is 0 Å². The van der Waals surface area contributed by atoms with E-state index in [9.17, 15) is 0 Å². The second kappa shape index (κ2) is 10.1. The van der Waals surface area contributed by atoms with Crippen LogP contribution in [-0.2, 0) is 0 Å². The Bertz CT molecular complexity index is 242. The Morgan fingerprint density at radius 2 is 1.82 bits per heavy atom. The van der Waals surface area contributed by atoms with Crippen molar-refractivity contribution >= 4 is 5.96 Å². The summed E-state index contributed by atoms with van der Waals surface area (Å²) in [4.78, 5) is 6.32. The number of aliphatic imine (C=N–C) groups is 1. The van der Waals surface area contributed by atoms with Gasteiger partial charge in [0, 0.05) is 13.6 Å². The van der Waals surface area contributed by atoms with E-state index in [1.165, 1.54) is 18.4 Å². The number of allylic oxidation sites excluding steroid dienone is 1. The summed E-state index contributed by atoms with van der Waals surface area (Å²) in [5.74, 6) is 0.626. The van der Waals surface area contributed by atoms with Crippen LogP contribution in [0.1, 0.15) is 39.5 Å².